The number of carbonyl (C=O) groups excluding carboxylic acids is 1. The van der Waals surface area contributed by atoms with Gasteiger partial charge < -0.3 is 10.2 Å². The first kappa shape index (κ1) is 14.8. The molecule has 2 aliphatic heterocycles. The molecule has 2 aliphatic rings. The van der Waals surface area contributed by atoms with Gasteiger partial charge in [-0.05, 0) is 57.7 Å². The Bertz CT molecular complexity index is 514. The van der Waals surface area contributed by atoms with Gasteiger partial charge >= 0.3 is 0 Å². The van der Waals surface area contributed by atoms with Gasteiger partial charge in [0.1, 0.15) is 5.15 Å². The maximum atomic E-state index is 12.2. The molecule has 1 N–H and O–H groups in total. The summed E-state index contributed by atoms with van der Waals surface area (Å²) >= 11 is 5.91. The van der Waals surface area contributed by atoms with E-state index in [1.54, 1.807) is 12.1 Å². The van der Waals surface area contributed by atoms with Gasteiger partial charge in [-0.2, -0.15) is 0 Å². The van der Waals surface area contributed by atoms with E-state index in [2.05, 4.69) is 22.2 Å². The fourth-order valence-corrected chi connectivity index (χ4v) is 4.04. The molecule has 4 nitrogen and oxygen atoms in total. The molecule has 1 aromatic rings. The SMILES string of the molecule is Cc1cc(C(=O)NCC2CC3CCC(C2)N3C)cc(Cl)n1. The lowest BCUT2D eigenvalue weighted by atomic mass is 9.91. The van der Waals surface area contributed by atoms with Crippen molar-refractivity contribution in [1.29, 1.82) is 0 Å². The number of nitrogens with zero attached hydrogens (tertiary/aromatic N) is 2. The van der Waals surface area contributed by atoms with Crippen LogP contribution in [-0.4, -0.2) is 41.5 Å². The van der Waals surface area contributed by atoms with Crippen molar-refractivity contribution >= 4 is 17.5 Å². The van der Waals surface area contributed by atoms with E-state index in [0.717, 1.165) is 12.2 Å². The minimum absolute atomic E-state index is 0.0475. The smallest absolute Gasteiger partial charge is 0.251 e. The van der Waals surface area contributed by atoms with Gasteiger partial charge in [-0.3, -0.25) is 4.79 Å². The zero-order valence-corrected chi connectivity index (χ0v) is 13.4. The Labute approximate surface area is 130 Å². The van der Waals surface area contributed by atoms with Gasteiger partial charge in [-0.15, -0.1) is 0 Å². The quantitative estimate of drug-likeness (QED) is 0.873. The van der Waals surface area contributed by atoms with Crippen LogP contribution >= 0.6 is 11.6 Å². The van der Waals surface area contributed by atoms with Gasteiger partial charge in [0.25, 0.3) is 5.91 Å². The second kappa shape index (κ2) is 5.93. The lowest BCUT2D eigenvalue weighted by Gasteiger charge is -2.36. The summed E-state index contributed by atoms with van der Waals surface area (Å²) in [5, 5.41) is 3.44. The Balaban J connectivity index is 1.57. The number of hydrogen-bond acceptors (Lipinski definition) is 3. The number of aryl methyl sites for hydroxylation is 1. The molecule has 0 saturated carbocycles. The third kappa shape index (κ3) is 3.22. The van der Waals surface area contributed by atoms with Gasteiger partial charge in [0, 0.05) is 29.9 Å². The number of fused-ring (bicyclic) bond motifs is 2. The summed E-state index contributed by atoms with van der Waals surface area (Å²) in [6.07, 6.45) is 5.02. The van der Waals surface area contributed by atoms with Crippen molar-refractivity contribution in [3.63, 3.8) is 0 Å². The Morgan fingerprint density at radius 3 is 2.67 bits per heavy atom. The molecule has 114 valence electrons. The summed E-state index contributed by atoms with van der Waals surface area (Å²) in [5.74, 6) is 0.551. The van der Waals surface area contributed by atoms with Crippen LogP contribution in [0, 0.1) is 12.8 Å². The second-order valence-corrected chi connectivity index (χ2v) is 6.81. The van der Waals surface area contributed by atoms with Crippen molar-refractivity contribution in [1.82, 2.24) is 15.2 Å². The van der Waals surface area contributed by atoms with E-state index in [-0.39, 0.29) is 5.91 Å². The second-order valence-electron chi connectivity index (χ2n) is 6.42. The summed E-state index contributed by atoms with van der Waals surface area (Å²) < 4.78 is 0. The van der Waals surface area contributed by atoms with Crippen LogP contribution < -0.4 is 5.32 Å². The molecule has 3 heterocycles. The van der Waals surface area contributed by atoms with Crippen LogP contribution in [0.4, 0.5) is 0 Å². The highest BCUT2D eigenvalue weighted by molar-refractivity contribution is 6.29. The molecule has 0 aliphatic carbocycles. The fourth-order valence-electron chi connectivity index (χ4n) is 3.79. The number of halogens is 1. The maximum Gasteiger partial charge on any atom is 0.251 e. The average molecular weight is 308 g/mol. The van der Waals surface area contributed by atoms with Crippen LogP contribution in [0.5, 0.6) is 0 Å². The van der Waals surface area contributed by atoms with Crippen molar-refractivity contribution in [2.45, 2.75) is 44.7 Å². The van der Waals surface area contributed by atoms with Crippen molar-refractivity contribution in [3.05, 3.63) is 28.5 Å². The molecule has 0 spiro atoms. The van der Waals surface area contributed by atoms with E-state index in [1.165, 1.54) is 25.7 Å². The van der Waals surface area contributed by atoms with Crippen molar-refractivity contribution in [2.75, 3.05) is 13.6 Å². The Morgan fingerprint density at radius 2 is 2.05 bits per heavy atom. The molecule has 1 aromatic heterocycles. The monoisotopic (exact) mass is 307 g/mol. The molecular weight excluding hydrogens is 286 g/mol. The highest BCUT2D eigenvalue weighted by Crippen LogP contribution is 2.37. The molecule has 2 bridgehead atoms. The summed E-state index contributed by atoms with van der Waals surface area (Å²) in [4.78, 5) is 18.8. The van der Waals surface area contributed by atoms with Crippen molar-refractivity contribution in [2.24, 2.45) is 5.92 Å². The number of rotatable bonds is 3. The molecule has 5 heteroatoms. The van der Waals surface area contributed by atoms with E-state index in [4.69, 9.17) is 11.6 Å². The number of hydrogen-bond donors (Lipinski definition) is 1. The zero-order valence-electron chi connectivity index (χ0n) is 12.6. The van der Waals surface area contributed by atoms with Crippen LogP contribution in [0.2, 0.25) is 5.15 Å². The largest absolute Gasteiger partial charge is 0.352 e. The third-order valence-corrected chi connectivity index (χ3v) is 5.13. The van der Waals surface area contributed by atoms with Crippen LogP contribution in [0.3, 0.4) is 0 Å². The first-order valence-corrected chi connectivity index (χ1v) is 8.05. The standard InChI is InChI=1S/C16H22ClN3O/c1-10-5-12(8-15(17)19-10)16(21)18-9-11-6-13-3-4-14(7-11)20(13)2/h5,8,11,13-14H,3-4,6-7,9H2,1-2H3,(H,18,21). The van der Waals surface area contributed by atoms with E-state index in [0.29, 0.717) is 28.7 Å². The lowest BCUT2D eigenvalue weighted by Crippen LogP contribution is -2.43. The Morgan fingerprint density at radius 1 is 1.38 bits per heavy atom. The van der Waals surface area contributed by atoms with E-state index >= 15 is 0 Å². The number of aromatic nitrogens is 1. The van der Waals surface area contributed by atoms with E-state index in [9.17, 15) is 4.79 Å². The number of pyridine rings is 1. The number of nitrogens with one attached hydrogen (secondary N) is 1. The molecule has 2 saturated heterocycles. The average Bonchev–Trinajstić information content (AvgIpc) is 2.65. The zero-order chi connectivity index (χ0) is 15.0. The summed E-state index contributed by atoms with van der Waals surface area (Å²) in [7, 11) is 2.23. The first-order valence-electron chi connectivity index (χ1n) is 7.67. The predicted molar refractivity (Wildman–Crippen MR) is 83.6 cm³/mol. The fraction of sp³-hybridized carbons (Fsp3) is 0.625. The molecule has 21 heavy (non-hydrogen) atoms. The van der Waals surface area contributed by atoms with Crippen LogP contribution in [0.15, 0.2) is 12.1 Å². The Hall–Kier alpha value is -1.13. The molecule has 0 aromatic carbocycles. The predicted octanol–water partition coefficient (Wildman–Crippen LogP) is 2.65. The van der Waals surface area contributed by atoms with Crippen molar-refractivity contribution in [3.8, 4) is 0 Å². The maximum absolute atomic E-state index is 12.2. The summed E-state index contributed by atoms with van der Waals surface area (Å²) in [5.41, 5.74) is 1.37. The highest BCUT2D eigenvalue weighted by atomic mass is 35.5. The van der Waals surface area contributed by atoms with Crippen LogP contribution in [0.25, 0.3) is 0 Å². The van der Waals surface area contributed by atoms with E-state index < -0.39 is 0 Å². The van der Waals surface area contributed by atoms with Crippen LogP contribution in [0.1, 0.15) is 41.7 Å². The molecule has 0 radical (unpaired) electrons. The van der Waals surface area contributed by atoms with Gasteiger partial charge in [0.05, 0.1) is 0 Å². The first-order chi connectivity index (χ1) is 10.0. The third-order valence-electron chi connectivity index (χ3n) is 4.93. The van der Waals surface area contributed by atoms with Gasteiger partial charge in [0.15, 0.2) is 0 Å². The topological polar surface area (TPSA) is 45.2 Å². The normalized spacial score (nSPS) is 28.6. The molecular formula is C16H22ClN3O. The van der Waals surface area contributed by atoms with Crippen molar-refractivity contribution < 1.29 is 4.79 Å². The highest BCUT2D eigenvalue weighted by Gasteiger charge is 2.38. The number of amides is 1. The van der Waals surface area contributed by atoms with Gasteiger partial charge in [-0.25, -0.2) is 4.98 Å². The minimum atomic E-state index is -0.0475. The molecule has 1 amide bonds. The van der Waals surface area contributed by atoms with Gasteiger partial charge in [-0.1, -0.05) is 11.6 Å². The van der Waals surface area contributed by atoms with Gasteiger partial charge in [0.2, 0.25) is 0 Å². The molecule has 3 rings (SSSR count). The minimum Gasteiger partial charge on any atom is -0.352 e. The lowest BCUT2D eigenvalue weighted by molar-refractivity contribution is 0.0917. The molecule has 2 atom stereocenters. The van der Waals surface area contributed by atoms with E-state index in [1.807, 2.05) is 6.92 Å². The number of piperidine rings is 1. The van der Waals surface area contributed by atoms with Crippen LogP contribution in [-0.2, 0) is 0 Å². The summed E-state index contributed by atoms with van der Waals surface area (Å²) in [6.45, 7) is 2.61. The Kier molecular flexibility index (Phi) is 4.18. The number of carbonyl (C=O) groups is 1. The molecule has 2 unspecified atom stereocenters. The summed E-state index contributed by atoms with van der Waals surface area (Å²) in [6, 6.07) is 4.83. The molecule has 2 fully saturated rings.